The maximum atomic E-state index is 6.63. The van der Waals surface area contributed by atoms with Crippen molar-refractivity contribution in [2.24, 2.45) is 5.92 Å². The van der Waals surface area contributed by atoms with E-state index in [2.05, 4.69) is 15.9 Å². The van der Waals surface area contributed by atoms with E-state index in [9.17, 15) is 0 Å². The molecule has 21 heavy (non-hydrogen) atoms. The predicted molar refractivity (Wildman–Crippen MR) is 91.6 cm³/mol. The number of hydrogen-bond donors (Lipinski definition) is 0. The van der Waals surface area contributed by atoms with Crippen LogP contribution in [0, 0.1) is 5.92 Å². The van der Waals surface area contributed by atoms with E-state index >= 15 is 0 Å². The van der Waals surface area contributed by atoms with Gasteiger partial charge in [0.1, 0.15) is 0 Å². The Morgan fingerprint density at radius 1 is 1.14 bits per heavy atom. The molecule has 0 radical (unpaired) electrons. The van der Waals surface area contributed by atoms with Gasteiger partial charge in [0.15, 0.2) is 11.5 Å². The minimum Gasteiger partial charge on any atom is -0.493 e. The summed E-state index contributed by atoms with van der Waals surface area (Å²) >= 11 is 10.2. The molecule has 1 aromatic rings. The Labute approximate surface area is 141 Å². The van der Waals surface area contributed by atoms with Crippen LogP contribution < -0.4 is 9.47 Å². The van der Waals surface area contributed by atoms with Crippen molar-refractivity contribution in [3.63, 3.8) is 0 Å². The first-order chi connectivity index (χ1) is 10.2. The van der Waals surface area contributed by atoms with Crippen molar-refractivity contribution in [2.45, 2.75) is 50.3 Å². The number of ether oxygens (including phenoxy) is 2. The molecule has 0 spiro atoms. The summed E-state index contributed by atoms with van der Waals surface area (Å²) in [5.41, 5.74) is 1.09. The van der Waals surface area contributed by atoms with Crippen LogP contribution in [0.15, 0.2) is 16.6 Å². The Morgan fingerprint density at radius 2 is 1.76 bits per heavy atom. The van der Waals surface area contributed by atoms with E-state index in [1.165, 1.54) is 38.5 Å². The van der Waals surface area contributed by atoms with Crippen LogP contribution in [-0.2, 0) is 0 Å². The Morgan fingerprint density at radius 3 is 2.38 bits per heavy atom. The lowest BCUT2D eigenvalue weighted by Crippen LogP contribution is -2.07. The molecule has 0 N–H and O–H groups in total. The Balaban J connectivity index is 2.02. The topological polar surface area (TPSA) is 18.5 Å². The lowest BCUT2D eigenvalue weighted by atomic mass is 9.85. The molecule has 1 aliphatic carbocycles. The zero-order chi connectivity index (χ0) is 15.2. The average molecular weight is 376 g/mol. The fourth-order valence-electron chi connectivity index (χ4n) is 3.12. The van der Waals surface area contributed by atoms with E-state index in [4.69, 9.17) is 21.1 Å². The van der Waals surface area contributed by atoms with Gasteiger partial charge in [-0.1, -0.05) is 48.0 Å². The summed E-state index contributed by atoms with van der Waals surface area (Å²) in [5.74, 6) is 2.32. The second-order valence-corrected chi connectivity index (χ2v) is 7.16. The van der Waals surface area contributed by atoms with Crippen LogP contribution in [0.5, 0.6) is 11.5 Å². The third kappa shape index (κ3) is 4.53. The molecule has 2 nitrogen and oxygen atoms in total. The molecule has 0 aliphatic heterocycles. The molecule has 2 rings (SSSR count). The van der Waals surface area contributed by atoms with Crippen LogP contribution in [0.4, 0.5) is 0 Å². The Bertz CT molecular complexity index is 458. The smallest absolute Gasteiger partial charge is 0.161 e. The molecular weight excluding hydrogens is 352 g/mol. The van der Waals surface area contributed by atoms with Gasteiger partial charge in [0.05, 0.1) is 19.6 Å². The molecule has 0 saturated heterocycles. The average Bonchev–Trinajstić information content (AvgIpc) is 2.53. The molecule has 4 heteroatoms. The maximum absolute atomic E-state index is 6.63. The lowest BCUT2D eigenvalue weighted by Gasteiger charge is -2.23. The molecule has 1 fully saturated rings. The van der Waals surface area contributed by atoms with E-state index in [0.717, 1.165) is 33.9 Å². The van der Waals surface area contributed by atoms with Crippen LogP contribution in [-0.4, -0.2) is 14.2 Å². The van der Waals surface area contributed by atoms with Crippen molar-refractivity contribution in [1.82, 2.24) is 0 Å². The van der Waals surface area contributed by atoms with Gasteiger partial charge in [-0.2, -0.15) is 0 Å². The van der Waals surface area contributed by atoms with Gasteiger partial charge in [-0.15, -0.1) is 11.6 Å². The zero-order valence-corrected chi connectivity index (χ0v) is 15.2. The van der Waals surface area contributed by atoms with Gasteiger partial charge >= 0.3 is 0 Å². The van der Waals surface area contributed by atoms with Gasteiger partial charge in [-0.05, 0) is 36.5 Å². The normalized spacial score (nSPS) is 17.5. The van der Waals surface area contributed by atoms with Crippen molar-refractivity contribution in [1.29, 1.82) is 0 Å². The highest BCUT2D eigenvalue weighted by Gasteiger charge is 2.19. The molecular formula is C17H24BrClO2. The standard InChI is InChI=1S/C17H24BrClO2/c1-20-16-10-13(14(18)11-17(16)21-2)15(19)9-8-12-6-4-3-5-7-12/h10-12,15H,3-9H2,1-2H3. The van der Waals surface area contributed by atoms with Crippen LogP contribution in [0.2, 0.25) is 0 Å². The molecule has 1 unspecified atom stereocenters. The second-order valence-electron chi connectivity index (χ2n) is 5.78. The van der Waals surface area contributed by atoms with Crippen LogP contribution >= 0.6 is 27.5 Å². The molecule has 0 amide bonds. The van der Waals surface area contributed by atoms with Crippen molar-refractivity contribution in [3.05, 3.63) is 22.2 Å². The fourth-order valence-corrected chi connectivity index (χ4v) is 4.16. The van der Waals surface area contributed by atoms with E-state index < -0.39 is 0 Å². The summed E-state index contributed by atoms with van der Waals surface area (Å²) in [6.07, 6.45) is 9.15. The SMILES string of the molecule is COc1cc(Br)c(C(Cl)CCC2CCCCC2)cc1OC. The highest BCUT2D eigenvalue weighted by molar-refractivity contribution is 9.10. The summed E-state index contributed by atoms with van der Waals surface area (Å²) < 4.78 is 11.7. The van der Waals surface area contributed by atoms with E-state index in [0.29, 0.717) is 0 Å². The molecule has 0 bridgehead atoms. The number of halogens is 2. The number of hydrogen-bond acceptors (Lipinski definition) is 2. The van der Waals surface area contributed by atoms with Crippen LogP contribution in [0.25, 0.3) is 0 Å². The van der Waals surface area contributed by atoms with Gasteiger partial charge in [-0.25, -0.2) is 0 Å². The van der Waals surface area contributed by atoms with E-state index in [1.807, 2.05) is 12.1 Å². The summed E-state index contributed by atoms with van der Waals surface area (Å²) in [7, 11) is 3.30. The highest BCUT2D eigenvalue weighted by Crippen LogP contribution is 2.40. The minimum absolute atomic E-state index is 0.0149. The first kappa shape index (κ1) is 17.0. The Hall–Kier alpha value is -0.410. The fraction of sp³-hybridized carbons (Fsp3) is 0.647. The quantitative estimate of drug-likeness (QED) is 0.559. The number of rotatable bonds is 6. The number of methoxy groups -OCH3 is 2. The van der Waals surface area contributed by atoms with Crippen LogP contribution in [0.1, 0.15) is 55.9 Å². The molecule has 1 atom stereocenters. The van der Waals surface area contributed by atoms with Gasteiger partial charge in [0, 0.05) is 4.47 Å². The van der Waals surface area contributed by atoms with Crippen molar-refractivity contribution in [2.75, 3.05) is 14.2 Å². The number of benzene rings is 1. The largest absolute Gasteiger partial charge is 0.493 e. The molecule has 0 aromatic heterocycles. The summed E-state index contributed by atoms with van der Waals surface area (Å²) in [5, 5.41) is 0.0149. The molecule has 1 aromatic carbocycles. The van der Waals surface area contributed by atoms with Crippen molar-refractivity contribution < 1.29 is 9.47 Å². The summed E-state index contributed by atoms with van der Waals surface area (Å²) in [4.78, 5) is 0. The monoisotopic (exact) mass is 374 g/mol. The van der Waals surface area contributed by atoms with E-state index in [1.54, 1.807) is 14.2 Å². The third-order valence-corrected chi connectivity index (χ3v) is 5.53. The summed E-state index contributed by atoms with van der Waals surface area (Å²) in [6, 6.07) is 3.92. The maximum Gasteiger partial charge on any atom is 0.161 e. The van der Waals surface area contributed by atoms with Gasteiger partial charge in [-0.3, -0.25) is 0 Å². The molecule has 118 valence electrons. The third-order valence-electron chi connectivity index (χ3n) is 4.39. The second kappa shape index (κ2) is 8.28. The van der Waals surface area contributed by atoms with Gasteiger partial charge < -0.3 is 9.47 Å². The highest BCUT2D eigenvalue weighted by atomic mass is 79.9. The van der Waals surface area contributed by atoms with Gasteiger partial charge in [0.2, 0.25) is 0 Å². The first-order valence-electron chi connectivity index (χ1n) is 7.71. The van der Waals surface area contributed by atoms with Gasteiger partial charge in [0.25, 0.3) is 0 Å². The van der Waals surface area contributed by atoms with Crippen molar-refractivity contribution in [3.8, 4) is 11.5 Å². The zero-order valence-electron chi connectivity index (χ0n) is 12.8. The summed E-state index contributed by atoms with van der Waals surface area (Å²) in [6.45, 7) is 0. The molecule has 1 aliphatic rings. The van der Waals surface area contributed by atoms with E-state index in [-0.39, 0.29) is 5.38 Å². The lowest BCUT2D eigenvalue weighted by molar-refractivity contribution is 0.331. The number of alkyl halides is 1. The Kier molecular flexibility index (Phi) is 6.69. The molecule has 1 saturated carbocycles. The first-order valence-corrected chi connectivity index (χ1v) is 8.94. The molecule has 0 heterocycles. The minimum atomic E-state index is 0.0149. The predicted octanol–water partition coefficient (Wildman–Crippen LogP) is 6.11. The van der Waals surface area contributed by atoms with Crippen LogP contribution in [0.3, 0.4) is 0 Å². The van der Waals surface area contributed by atoms with Crippen molar-refractivity contribution >= 4 is 27.5 Å².